The summed E-state index contributed by atoms with van der Waals surface area (Å²) in [5, 5.41) is 14.3. The molecule has 0 aliphatic rings. The Morgan fingerprint density at radius 2 is 1.81 bits per heavy atom. The van der Waals surface area contributed by atoms with Crippen LogP contribution in [0.2, 0.25) is 0 Å². The second-order valence-corrected chi connectivity index (χ2v) is 6.51. The maximum atomic E-state index is 12.9. The molecule has 1 aromatic carbocycles. The Morgan fingerprint density at radius 1 is 1.19 bits per heavy atom. The van der Waals surface area contributed by atoms with Crippen molar-refractivity contribution in [3.05, 3.63) is 46.0 Å². The standard InChI is InChI=1S/C19H23N5O7/c1-24(2)19(29)21-11(17(26)27)8-10-9-20-18(28)23-15(10)22-16(25)14-12(30-3)6-5-7-13(14)31-4/h5-7,9,11H,8H2,1-4H3,(H,21,29)(H,26,27)(H2,20,22,23,25,28). The van der Waals surface area contributed by atoms with Gasteiger partial charge in [0.25, 0.3) is 5.91 Å². The summed E-state index contributed by atoms with van der Waals surface area (Å²) in [4.78, 5) is 55.4. The van der Waals surface area contributed by atoms with Gasteiger partial charge in [-0.25, -0.2) is 14.4 Å². The number of nitrogens with one attached hydrogen (secondary N) is 3. The first-order chi connectivity index (χ1) is 14.7. The molecule has 4 N–H and O–H groups in total. The minimum absolute atomic E-state index is 0.0660. The van der Waals surface area contributed by atoms with Crippen LogP contribution in [0.4, 0.5) is 10.6 Å². The van der Waals surface area contributed by atoms with Crippen molar-refractivity contribution < 1.29 is 29.0 Å². The van der Waals surface area contributed by atoms with Gasteiger partial charge in [-0.2, -0.15) is 4.98 Å². The van der Waals surface area contributed by atoms with Gasteiger partial charge in [0.15, 0.2) is 0 Å². The number of hydrogen-bond donors (Lipinski definition) is 4. The lowest BCUT2D eigenvalue weighted by atomic mass is 10.1. The van der Waals surface area contributed by atoms with Gasteiger partial charge in [-0.1, -0.05) is 6.07 Å². The SMILES string of the molecule is COc1cccc(OC)c1C(=O)Nc1nc(=O)[nH]cc1CC(NC(=O)N(C)C)C(=O)O. The fraction of sp³-hybridized carbons (Fsp3) is 0.316. The predicted molar refractivity (Wildman–Crippen MR) is 110 cm³/mol. The fourth-order valence-corrected chi connectivity index (χ4v) is 2.63. The predicted octanol–water partition coefficient (Wildman–Crippen LogP) is 0.306. The van der Waals surface area contributed by atoms with Gasteiger partial charge in [0, 0.05) is 32.3 Å². The third-order valence-electron chi connectivity index (χ3n) is 4.20. The first kappa shape index (κ1) is 23.2. The minimum Gasteiger partial charge on any atom is -0.496 e. The molecule has 12 nitrogen and oxygen atoms in total. The van der Waals surface area contributed by atoms with Crippen molar-refractivity contribution in [2.45, 2.75) is 12.5 Å². The smallest absolute Gasteiger partial charge is 0.346 e. The molecule has 1 aromatic heterocycles. The third kappa shape index (κ3) is 5.72. The highest BCUT2D eigenvalue weighted by molar-refractivity contribution is 6.08. The van der Waals surface area contributed by atoms with Crippen LogP contribution in [0.25, 0.3) is 0 Å². The van der Waals surface area contributed by atoms with Crippen LogP contribution in [0.3, 0.4) is 0 Å². The number of amides is 3. The molecule has 1 atom stereocenters. The second kappa shape index (κ2) is 10.1. The molecular weight excluding hydrogens is 410 g/mol. The number of rotatable bonds is 8. The number of carbonyl (C=O) groups excluding carboxylic acids is 2. The molecule has 31 heavy (non-hydrogen) atoms. The van der Waals surface area contributed by atoms with Crippen LogP contribution in [0.1, 0.15) is 15.9 Å². The van der Waals surface area contributed by atoms with Crippen molar-refractivity contribution in [1.29, 1.82) is 0 Å². The zero-order chi connectivity index (χ0) is 23.1. The van der Waals surface area contributed by atoms with Crippen LogP contribution in [0.15, 0.2) is 29.2 Å². The van der Waals surface area contributed by atoms with E-state index in [0.29, 0.717) is 0 Å². The average molecular weight is 433 g/mol. The summed E-state index contributed by atoms with van der Waals surface area (Å²) in [5.74, 6) is -1.69. The van der Waals surface area contributed by atoms with E-state index in [1.54, 1.807) is 18.2 Å². The molecule has 3 amide bonds. The highest BCUT2D eigenvalue weighted by Gasteiger charge is 2.25. The van der Waals surface area contributed by atoms with Crippen LogP contribution in [0, 0.1) is 0 Å². The molecule has 12 heteroatoms. The quantitative estimate of drug-likeness (QED) is 0.462. The highest BCUT2D eigenvalue weighted by atomic mass is 16.5. The first-order valence-electron chi connectivity index (χ1n) is 8.99. The van der Waals surface area contributed by atoms with E-state index >= 15 is 0 Å². The third-order valence-corrected chi connectivity index (χ3v) is 4.20. The molecule has 2 rings (SSSR count). The number of carbonyl (C=O) groups is 3. The highest BCUT2D eigenvalue weighted by Crippen LogP contribution is 2.29. The van der Waals surface area contributed by atoms with E-state index in [1.165, 1.54) is 39.4 Å². The summed E-state index contributed by atoms with van der Waals surface area (Å²) in [5.41, 5.74) is -0.500. The Morgan fingerprint density at radius 3 is 2.32 bits per heavy atom. The number of carboxylic acids is 1. The normalized spacial score (nSPS) is 11.2. The Bertz CT molecular complexity index is 1010. The van der Waals surface area contributed by atoms with E-state index in [9.17, 15) is 24.3 Å². The number of anilines is 1. The van der Waals surface area contributed by atoms with E-state index in [0.717, 1.165) is 0 Å². The molecular formula is C19H23N5O7. The monoisotopic (exact) mass is 433 g/mol. The molecule has 1 heterocycles. The van der Waals surface area contributed by atoms with Crippen LogP contribution in [-0.4, -0.2) is 72.2 Å². The van der Waals surface area contributed by atoms with Crippen molar-refractivity contribution in [2.24, 2.45) is 0 Å². The van der Waals surface area contributed by atoms with Crippen LogP contribution in [-0.2, 0) is 11.2 Å². The maximum Gasteiger partial charge on any atom is 0.346 e. The molecule has 0 fully saturated rings. The lowest BCUT2D eigenvalue weighted by molar-refractivity contribution is -0.139. The number of ether oxygens (including phenoxy) is 2. The maximum absolute atomic E-state index is 12.9. The molecule has 0 aliphatic heterocycles. The molecule has 2 aromatic rings. The van der Waals surface area contributed by atoms with Crippen molar-refractivity contribution >= 4 is 23.7 Å². The zero-order valence-corrected chi connectivity index (χ0v) is 17.4. The number of benzene rings is 1. The van der Waals surface area contributed by atoms with Crippen molar-refractivity contribution in [3.8, 4) is 11.5 Å². The van der Waals surface area contributed by atoms with E-state index in [1.807, 2.05) is 0 Å². The summed E-state index contributed by atoms with van der Waals surface area (Å²) < 4.78 is 10.4. The van der Waals surface area contributed by atoms with E-state index in [2.05, 4.69) is 20.6 Å². The molecule has 0 radical (unpaired) electrons. The van der Waals surface area contributed by atoms with Gasteiger partial charge in [0.1, 0.15) is 28.9 Å². The largest absolute Gasteiger partial charge is 0.496 e. The minimum atomic E-state index is -1.33. The first-order valence-corrected chi connectivity index (χ1v) is 8.99. The van der Waals surface area contributed by atoms with E-state index < -0.39 is 29.6 Å². The number of aromatic amines is 1. The second-order valence-electron chi connectivity index (χ2n) is 6.51. The number of aliphatic carboxylic acids is 1. The Labute approximate surface area is 177 Å². The van der Waals surface area contributed by atoms with Crippen molar-refractivity contribution in [2.75, 3.05) is 33.6 Å². The van der Waals surface area contributed by atoms with Crippen molar-refractivity contribution in [3.63, 3.8) is 0 Å². The molecule has 0 saturated heterocycles. The van der Waals surface area contributed by atoms with E-state index in [4.69, 9.17) is 9.47 Å². The lowest BCUT2D eigenvalue weighted by Crippen LogP contribution is -2.46. The Balaban J connectivity index is 2.38. The van der Waals surface area contributed by atoms with Crippen LogP contribution >= 0.6 is 0 Å². The summed E-state index contributed by atoms with van der Waals surface area (Å²) in [6.45, 7) is 0. The topological polar surface area (TPSA) is 163 Å². The number of methoxy groups -OCH3 is 2. The molecule has 0 aliphatic carbocycles. The number of carboxylic acid groups (broad SMARTS) is 1. The molecule has 1 unspecified atom stereocenters. The van der Waals surface area contributed by atoms with Crippen LogP contribution < -0.4 is 25.8 Å². The number of H-pyrrole nitrogens is 1. The van der Waals surface area contributed by atoms with E-state index in [-0.39, 0.29) is 34.9 Å². The average Bonchev–Trinajstić information content (AvgIpc) is 2.73. The molecule has 166 valence electrons. The summed E-state index contributed by atoms with van der Waals surface area (Å²) in [6.07, 6.45) is 0.972. The summed E-state index contributed by atoms with van der Waals surface area (Å²) in [7, 11) is 5.69. The van der Waals surface area contributed by atoms with Gasteiger partial charge in [-0.15, -0.1) is 0 Å². The lowest BCUT2D eigenvalue weighted by Gasteiger charge is -2.19. The van der Waals surface area contributed by atoms with Gasteiger partial charge in [-0.05, 0) is 12.1 Å². The number of nitrogens with zero attached hydrogens (tertiary/aromatic N) is 2. The number of hydrogen-bond acceptors (Lipinski definition) is 7. The summed E-state index contributed by atoms with van der Waals surface area (Å²) >= 11 is 0. The molecule has 0 spiro atoms. The Kier molecular flexibility index (Phi) is 7.55. The van der Waals surface area contributed by atoms with Gasteiger partial charge in [0.2, 0.25) is 0 Å². The van der Waals surface area contributed by atoms with Gasteiger partial charge in [0.05, 0.1) is 14.2 Å². The van der Waals surface area contributed by atoms with Crippen molar-refractivity contribution in [1.82, 2.24) is 20.2 Å². The van der Waals surface area contributed by atoms with Crippen LogP contribution in [0.5, 0.6) is 11.5 Å². The molecule has 0 bridgehead atoms. The zero-order valence-electron chi connectivity index (χ0n) is 17.4. The number of aromatic nitrogens is 2. The summed E-state index contributed by atoms with van der Waals surface area (Å²) in [6, 6.07) is 2.80. The Hall–Kier alpha value is -4.09. The van der Waals surface area contributed by atoms with Gasteiger partial charge in [-0.3, -0.25) is 4.79 Å². The number of urea groups is 1. The fourth-order valence-electron chi connectivity index (χ4n) is 2.63. The van der Waals surface area contributed by atoms with Gasteiger partial charge < -0.3 is 35.1 Å². The van der Waals surface area contributed by atoms with Gasteiger partial charge >= 0.3 is 17.7 Å². The molecule has 0 saturated carbocycles.